The van der Waals surface area contributed by atoms with Crippen LogP contribution in [0.1, 0.15) is 51.8 Å². The van der Waals surface area contributed by atoms with E-state index in [-0.39, 0.29) is 0 Å². The van der Waals surface area contributed by atoms with Crippen LogP contribution in [0.3, 0.4) is 0 Å². The molecule has 1 aliphatic rings. The average molecular weight is 275 g/mol. The Hall–Kier alpha value is -1.09. The molecule has 0 radical (unpaired) electrons. The van der Waals surface area contributed by atoms with Crippen LogP contribution in [-0.2, 0) is 13.0 Å². The molecule has 0 saturated carbocycles. The number of piperidine rings is 1. The number of nitrogens with zero attached hydrogens (tertiary/aromatic N) is 2. The minimum absolute atomic E-state index is 0.520. The molecule has 3 nitrogen and oxygen atoms in total. The van der Waals surface area contributed by atoms with E-state index in [2.05, 4.69) is 50.0 Å². The molecule has 1 aromatic heterocycles. The van der Waals surface area contributed by atoms with Gasteiger partial charge < -0.3 is 10.2 Å². The van der Waals surface area contributed by atoms with Crippen molar-refractivity contribution >= 4 is 5.82 Å². The molecule has 1 unspecified atom stereocenters. The zero-order valence-electron chi connectivity index (χ0n) is 13.4. The van der Waals surface area contributed by atoms with Gasteiger partial charge in [0.05, 0.1) is 0 Å². The molecule has 2 heterocycles. The summed E-state index contributed by atoms with van der Waals surface area (Å²) in [5.41, 5.74) is 2.57. The molecule has 0 aliphatic carbocycles. The lowest BCUT2D eigenvalue weighted by Gasteiger charge is -2.32. The molecule has 112 valence electrons. The van der Waals surface area contributed by atoms with E-state index in [1.165, 1.54) is 29.9 Å². The van der Waals surface area contributed by atoms with Crippen LogP contribution in [-0.4, -0.2) is 24.1 Å². The van der Waals surface area contributed by atoms with Gasteiger partial charge in [-0.15, -0.1) is 0 Å². The molecule has 0 bridgehead atoms. The first-order valence-electron chi connectivity index (χ1n) is 8.06. The van der Waals surface area contributed by atoms with Gasteiger partial charge in [-0.05, 0) is 42.9 Å². The first kappa shape index (κ1) is 15.3. The van der Waals surface area contributed by atoms with Crippen LogP contribution < -0.4 is 10.2 Å². The normalized spacial score (nSPS) is 19.6. The molecule has 1 aliphatic heterocycles. The zero-order chi connectivity index (χ0) is 14.5. The van der Waals surface area contributed by atoms with Gasteiger partial charge in [0.25, 0.3) is 0 Å². The maximum Gasteiger partial charge on any atom is 0.129 e. The Morgan fingerprint density at radius 2 is 2.20 bits per heavy atom. The van der Waals surface area contributed by atoms with Crippen molar-refractivity contribution in [2.75, 3.05) is 18.0 Å². The quantitative estimate of drug-likeness (QED) is 0.893. The third kappa shape index (κ3) is 4.20. The summed E-state index contributed by atoms with van der Waals surface area (Å²) < 4.78 is 0. The van der Waals surface area contributed by atoms with Gasteiger partial charge in [-0.1, -0.05) is 27.7 Å². The molecular formula is C17H29N3. The highest BCUT2D eigenvalue weighted by molar-refractivity contribution is 5.43. The number of anilines is 1. The number of nitrogens with one attached hydrogen (secondary N) is 1. The first-order valence-corrected chi connectivity index (χ1v) is 8.06. The largest absolute Gasteiger partial charge is 0.356 e. The second-order valence-corrected chi connectivity index (χ2v) is 6.41. The predicted molar refractivity (Wildman–Crippen MR) is 86.2 cm³/mol. The van der Waals surface area contributed by atoms with Gasteiger partial charge in [0.2, 0.25) is 0 Å². The topological polar surface area (TPSA) is 28.2 Å². The Balaban J connectivity index is 2.16. The number of hydrogen-bond acceptors (Lipinski definition) is 3. The Morgan fingerprint density at radius 1 is 1.40 bits per heavy atom. The minimum atomic E-state index is 0.520. The van der Waals surface area contributed by atoms with E-state index in [1.54, 1.807) is 0 Å². The monoisotopic (exact) mass is 275 g/mol. The Morgan fingerprint density at radius 3 is 2.85 bits per heavy atom. The van der Waals surface area contributed by atoms with Crippen molar-refractivity contribution in [3.05, 3.63) is 23.4 Å². The molecule has 1 N–H and O–H groups in total. The Labute approximate surface area is 123 Å². The van der Waals surface area contributed by atoms with Crippen molar-refractivity contribution in [3.8, 4) is 0 Å². The van der Waals surface area contributed by atoms with Gasteiger partial charge in [0.15, 0.2) is 0 Å². The van der Waals surface area contributed by atoms with Crippen molar-refractivity contribution in [2.45, 2.75) is 59.5 Å². The first-order chi connectivity index (χ1) is 9.58. The summed E-state index contributed by atoms with van der Waals surface area (Å²) in [4.78, 5) is 7.30. The molecule has 0 spiro atoms. The van der Waals surface area contributed by atoms with E-state index in [4.69, 9.17) is 4.98 Å². The lowest BCUT2D eigenvalue weighted by molar-refractivity contribution is 0.444. The smallest absolute Gasteiger partial charge is 0.129 e. The standard InChI is InChI=1S/C17H29N3/c1-5-16-9-15(11-18-13(2)3)10-17(19-16)20-8-6-7-14(4)12-20/h9-10,13-14,18H,5-8,11-12H2,1-4H3. The van der Waals surface area contributed by atoms with E-state index in [9.17, 15) is 0 Å². The summed E-state index contributed by atoms with van der Waals surface area (Å²) in [5.74, 6) is 1.96. The van der Waals surface area contributed by atoms with Gasteiger partial charge in [-0.2, -0.15) is 0 Å². The summed E-state index contributed by atoms with van der Waals surface area (Å²) in [7, 11) is 0. The maximum absolute atomic E-state index is 4.84. The fraction of sp³-hybridized carbons (Fsp3) is 0.706. The van der Waals surface area contributed by atoms with Crippen LogP contribution in [0.15, 0.2) is 12.1 Å². The van der Waals surface area contributed by atoms with Crippen LogP contribution in [0.25, 0.3) is 0 Å². The summed E-state index contributed by atoms with van der Waals surface area (Å²) in [6.07, 6.45) is 3.65. The minimum Gasteiger partial charge on any atom is -0.356 e. The van der Waals surface area contributed by atoms with Crippen LogP contribution in [0, 0.1) is 5.92 Å². The van der Waals surface area contributed by atoms with Crippen molar-refractivity contribution in [1.82, 2.24) is 10.3 Å². The van der Waals surface area contributed by atoms with Crippen molar-refractivity contribution in [1.29, 1.82) is 0 Å². The van der Waals surface area contributed by atoms with Crippen LogP contribution >= 0.6 is 0 Å². The molecule has 1 atom stereocenters. The zero-order valence-corrected chi connectivity index (χ0v) is 13.4. The van der Waals surface area contributed by atoms with E-state index in [0.29, 0.717) is 6.04 Å². The lowest BCUT2D eigenvalue weighted by atomic mass is 10.00. The molecular weight excluding hydrogens is 246 g/mol. The molecule has 20 heavy (non-hydrogen) atoms. The summed E-state index contributed by atoms with van der Waals surface area (Å²) in [6, 6.07) is 5.03. The van der Waals surface area contributed by atoms with Crippen molar-refractivity contribution in [3.63, 3.8) is 0 Å². The summed E-state index contributed by atoms with van der Waals surface area (Å²) in [6.45, 7) is 12.1. The van der Waals surface area contributed by atoms with E-state index < -0.39 is 0 Å². The summed E-state index contributed by atoms with van der Waals surface area (Å²) in [5, 5.41) is 3.51. The third-order valence-electron chi connectivity index (χ3n) is 3.98. The predicted octanol–water partition coefficient (Wildman–Crippen LogP) is 3.38. The number of pyridine rings is 1. The lowest BCUT2D eigenvalue weighted by Crippen LogP contribution is -2.35. The average Bonchev–Trinajstić information content (AvgIpc) is 2.44. The van der Waals surface area contributed by atoms with Crippen LogP contribution in [0.4, 0.5) is 5.82 Å². The summed E-state index contributed by atoms with van der Waals surface area (Å²) >= 11 is 0. The van der Waals surface area contributed by atoms with E-state index in [0.717, 1.165) is 32.0 Å². The van der Waals surface area contributed by atoms with Gasteiger partial charge >= 0.3 is 0 Å². The van der Waals surface area contributed by atoms with Crippen LogP contribution in [0.5, 0.6) is 0 Å². The fourth-order valence-electron chi connectivity index (χ4n) is 2.80. The molecule has 1 fully saturated rings. The van der Waals surface area contributed by atoms with Crippen molar-refractivity contribution < 1.29 is 0 Å². The molecule has 2 rings (SSSR count). The highest BCUT2D eigenvalue weighted by Gasteiger charge is 2.18. The molecule has 0 amide bonds. The number of hydrogen-bond donors (Lipinski definition) is 1. The Kier molecular flexibility index (Phi) is 5.41. The van der Waals surface area contributed by atoms with Gasteiger partial charge in [-0.25, -0.2) is 4.98 Å². The van der Waals surface area contributed by atoms with Crippen LogP contribution in [0.2, 0.25) is 0 Å². The van der Waals surface area contributed by atoms with Gasteiger partial charge in [0.1, 0.15) is 5.82 Å². The Bertz CT molecular complexity index is 428. The SMILES string of the molecule is CCc1cc(CNC(C)C)cc(N2CCCC(C)C2)n1. The van der Waals surface area contributed by atoms with Crippen molar-refractivity contribution in [2.24, 2.45) is 5.92 Å². The highest BCUT2D eigenvalue weighted by Crippen LogP contribution is 2.23. The molecule has 3 heteroatoms. The molecule has 1 saturated heterocycles. The maximum atomic E-state index is 4.84. The van der Waals surface area contributed by atoms with Gasteiger partial charge in [-0.3, -0.25) is 0 Å². The molecule has 1 aromatic rings. The fourth-order valence-corrected chi connectivity index (χ4v) is 2.80. The number of aryl methyl sites for hydroxylation is 1. The van der Waals surface area contributed by atoms with E-state index in [1.807, 2.05) is 0 Å². The molecule has 0 aromatic carbocycles. The second kappa shape index (κ2) is 7.07. The van der Waals surface area contributed by atoms with E-state index >= 15 is 0 Å². The number of rotatable bonds is 5. The second-order valence-electron chi connectivity index (χ2n) is 6.41. The third-order valence-corrected chi connectivity index (χ3v) is 3.98. The number of aromatic nitrogens is 1. The van der Waals surface area contributed by atoms with Gasteiger partial charge in [0, 0.05) is 31.4 Å². The highest BCUT2D eigenvalue weighted by atomic mass is 15.2.